The molecule has 1 unspecified atom stereocenters. The molecule has 0 spiro atoms. The topological polar surface area (TPSA) is 32.7 Å². The number of nitrogens with zero attached hydrogens (tertiary/aromatic N) is 1. The van der Waals surface area contributed by atoms with Gasteiger partial charge in [-0.1, -0.05) is 31.0 Å². The van der Waals surface area contributed by atoms with Gasteiger partial charge in [0.05, 0.1) is 12.7 Å². The van der Waals surface area contributed by atoms with Gasteiger partial charge < -0.3 is 14.7 Å². The van der Waals surface area contributed by atoms with Gasteiger partial charge in [-0.05, 0) is 32.9 Å². The first-order valence-corrected chi connectivity index (χ1v) is 7.32. The summed E-state index contributed by atoms with van der Waals surface area (Å²) in [5.41, 5.74) is 0.897. The normalized spacial score (nSPS) is 17.9. The number of benzene rings is 1. The van der Waals surface area contributed by atoms with Gasteiger partial charge in [0.2, 0.25) is 0 Å². The maximum atomic E-state index is 10.4. The molecule has 1 saturated carbocycles. The third-order valence-corrected chi connectivity index (χ3v) is 3.99. The van der Waals surface area contributed by atoms with Crippen LogP contribution in [0.5, 0.6) is 5.75 Å². The molecule has 0 saturated heterocycles. The van der Waals surface area contributed by atoms with Crippen molar-refractivity contribution in [3.05, 3.63) is 29.8 Å². The molecule has 1 aliphatic rings. The van der Waals surface area contributed by atoms with Gasteiger partial charge in [0, 0.05) is 18.2 Å². The molecule has 0 bridgehead atoms. The van der Waals surface area contributed by atoms with Crippen LogP contribution >= 0.6 is 0 Å². The van der Waals surface area contributed by atoms with Gasteiger partial charge in [0.15, 0.2) is 0 Å². The molecular weight excluding hydrogens is 238 g/mol. The van der Waals surface area contributed by atoms with Gasteiger partial charge in [0.25, 0.3) is 0 Å². The van der Waals surface area contributed by atoms with Crippen molar-refractivity contribution in [2.75, 3.05) is 20.2 Å². The van der Waals surface area contributed by atoms with E-state index < -0.39 is 6.10 Å². The van der Waals surface area contributed by atoms with Gasteiger partial charge >= 0.3 is 0 Å². The van der Waals surface area contributed by atoms with Crippen molar-refractivity contribution in [1.29, 1.82) is 0 Å². The minimum Gasteiger partial charge on any atom is -0.493 e. The predicted molar refractivity (Wildman–Crippen MR) is 77.5 cm³/mol. The molecule has 0 heterocycles. The second kappa shape index (κ2) is 6.92. The minimum atomic E-state index is -0.478. The number of likely N-dealkylation sites (N-methyl/N-ethyl adjacent to an activating group) is 1. The first-order valence-electron chi connectivity index (χ1n) is 7.32. The molecule has 3 nitrogen and oxygen atoms in total. The van der Waals surface area contributed by atoms with Crippen molar-refractivity contribution in [3.63, 3.8) is 0 Å². The third kappa shape index (κ3) is 3.71. The molecule has 19 heavy (non-hydrogen) atoms. The van der Waals surface area contributed by atoms with Crippen molar-refractivity contribution >= 4 is 0 Å². The molecule has 3 heteroatoms. The van der Waals surface area contributed by atoms with E-state index >= 15 is 0 Å². The van der Waals surface area contributed by atoms with Crippen LogP contribution in [-0.4, -0.2) is 36.2 Å². The Kier molecular flexibility index (Phi) is 5.23. The fourth-order valence-corrected chi connectivity index (χ4v) is 2.91. The lowest BCUT2D eigenvalue weighted by atomic mass is 10.1. The molecule has 1 aromatic rings. The molecule has 2 rings (SSSR count). The van der Waals surface area contributed by atoms with Crippen molar-refractivity contribution in [2.24, 2.45) is 0 Å². The van der Waals surface area contributed by atoms with Crippen LogP contribution in [-0.2, 0) is 0 Å². The smallest absolute Gasteiger partial charge is 0.125 e. The van der Waals surface area contributed by atoms with Gasteiger partial charge in [-0.2, -0.15) is 0 Å². The van der Waals surface area contributed by atoms with Gasteiger partial charge in [-0.25, -0.2) is 0 Å². The number of aliphatic hydroxyl groups is 1. The highest BCUT2D eigenvalue weighted by molar-refractivity contribution is 5.35. The fourth-order valence-electron chi connectivity index (χ4n) is 2.91. The van der Waals surface area contributed by atoms with Crippen LogP contribution in [0.1, 0.15) is 44.3 Å². The lowest BCUT2D eigenvalue weighted by Gasteiger charge is -2.27. The molecule has 1 N–H and O–H groups in total. The third-order valence-electron chi connectivity index (χ3n) is 3.99. The van der Waals surface area contributed by atoms with E-state index in [1.165, 1.54) is 25.7 Å². The second-order valence-electron chi connectivity index (χ2n) is 5.36. The van der Waals surface area contributed by atoms with Crippen LogP contribution < -0.4 is 4.74 Å². The predicted octanol–water partition coefficient (Wildman–Crippen LogP) is 2.99. The van der Waals surface area contributed by atoms with Gasteiger partial charge in [-0.15, -0.1) is 0 Å². The summed E-state index contributed by atoms with van der Waals surface area (Å²) in [6.07, 6.45) is 4.68. The van der Waals surface area contributed by atoms with E-state index in [0.717, 1.165) is 11.3 Å². The van der Waals surface area contributed by atoms with E-state index in [0.29, 0.717) is 19.2 Å². The van der Waals surface area contributed by atoms with Crippen LogP contribution in [0.2, 0.25) is 0 Å². The van der Waals surface area contributed by atoms with Crippen LogP contribution in [0.25, 0.3) is 0 Å². The zero-order chi connectivity index (χ0) is 13.7. The van der Waals surface area contributed by atoms with Crippen molar-refractivity contribution < 1.29 is 9.84 Å². The van der Waals surface area contributed by atoms with Crippen molar-refractivity contribution in [2.45, 2.75) is 44.8 Å². The van der Waals surface area contributed by atoms with Crippen molar-refractivity contribution in [1.82, 2.24) is 4.90 Å². The molecular formula is C16H25NO2. The van der Waals surface area contributed by atoms with Crippen LogP contribution in [0.4, 0.5) is 0 Å². The highest BCUT2D eigenvalue weighted by Crippen LogP contribution is 2.28. The van der Waals surface area contributed by atoms with E-state index in [1.54, 1.807) is 0 Å². The van der Waals surface area contributed by atoms with E-state index in [1.807, 2.05) is 31.2 Å². The average molecular weight is 263 g/mol. The Labute approximate surface area is 116 Å². The van der Waals surface area contributed by atoms with Gasteiger partial charge in [-0.3, -0.25) is 0 Å². The monoisotopic (exact) mass is 263 g/mol. The largest absolute Gasteiger partial charge is 0.493 e. The number of hydrogen-bond acceptors (Lipinski definition) is 3. The first kappa shape index (κ1) is 14.4. The quantitative estimate of drug-likeness (QED) is 0.856. The van der Waals surface area contributed by atoms with E-state index in [9.17, 15) is 5.11 Å². The molecule has 1 fully saturated rings. The number of para-hydroxylation sites is 1. The zero-order valence-electron chi connectivity index (χ0n) is 12.0. The van der Waals surface area contributed by atoms with Crippen LogP contribution in [0.3, 0.4) is 0 Å². The maximum absolute atomic E-state index is 10.4. The summed E-state index contributed by atoms with van der Waals surface area (Å²) >= 11 is 0. The summed E-state index contributed by atoms with van der Waals surface area (Å²) in [7, 11) is 2.11. The number of hydrogen-bond donors (Lipinski definition) is 1. The maximum Gasteiger partial charge on any atom is 0.125 e. The molecule has 1 aliphatic carbocycles. The standard InChI is InChI=1S/C16H25NO2/c1-3-19-16-11-7-6-10-14(16)15(18)12-17(2)13-8-4-5-9-13/h6-7,10-11,13,15,18H,3-5,8-9,12H2,1-2H3. The Hall–Kier alpha value is -1.06. The van der Waals surface area contributed by atoms with E-state index in [-0.39, 0.29) is 0 Å². The number of ether oxygens (including phenoxy) is 1. The summed E-state index contributed by atoms with van der Waals surface area (Å²) in [4.78, 5) is 2.29. The molecule has 0 aliphatic heterocycles. The molecule has 0 amide bonds. The Bertz CT molecular complexity index is 388. The Morgan fingerprint density at radius 2 is 2.00 bits per heavy atom. The zero-order valence-corrected chi connectivity index (χ0v) is 12.0. The van der Waals surface area contributed by atoms with Gasteiger partial charge in [0.1, 0.15) is 5.75 Å². The first-order chi connectivity index (χ1) is 9.22. The average Bonchev–Trinajstić information content (AvgIpc) is 2.93. The highest BCUT2D eigenvalue weighted by atomic mass is 16.5. The Morgan fingerprint density at radius 3 is 2.68 bits per heavy atom. The Morgan fingerprint density at radius 1 is 1.32 bits per heavy atom. The minimum absolute atomic E-state index is 0.478. The van der Waals surface area contributed by atoms with E-state index in [4.69, 9.17) is 4.74 Å². The molecule has 1 atom stereocenters. The summed E-state index contributed by atoms with van der Waals surface area (Å²) < 4.78 is 5.59. The van der Waals surface area contributed by atoms with Crippen LogP contribution in [0, 0.1) is 0 Å². The lowest BCUT2D eigenvalue weighted by molar-refractivity contribution is 0.103. The molecule has 0 radical (unpaired) electrons. The molecule has 106 valence electrons. The summed E-state index contributed by atoms with van der Waals surface area (Å²) in [6.45, 7) is 3.27. The lowest BCUT2D eigenvalue weighted by Crippen LogP contribution is -2.33. The fraction of sp³-hybridized carbons (Fsp3) is 0.625. The summed E-state index contributed by atoms with van der Waals surface area (Å²) in [6, 6.07) is 8.42. The van der Waals surface area contributed by atoms with Crippen LogP contribution in [0.15, 0.2) is 24.3 Å². The highest BCUT2D eigenvalue weighted by Gasteiger charge is 2.23. The van der Waals surface area contributed by atoms with Crippen molar-refractivity contribution in [3.8, 4) is 5.75 Å². The SMILES string of the molecule is CCOc1ccccc1C(O)CN(C)C1CCCC1. The number of aliphatic hydroxyl groups excluding tert-OH is 1. The molecule has 0 aromatic heterocycles. The summed E-state index contributed by atoms with van der Waals surface area (Å²) in [5, 5.41) is 10.4. The molecule has 1 aromatic carbocycles. The Balaban J connectivity index is 2.00. The summed E-state index contributed by atoms with van der Waals surface area (Å²) in [5.74, 6) is 0.803. The van der Waals surface area contributed by atoms with E-state index in [2.05, 4.69) is 11.9 Å². The number of rotatable bonds is 6. The second-order valence-corrected chi connectivity index (χ2v) is 5.36.